The number of halogens is 5. The van der Waals surface area contributed by atoms with Crippen molar-refractivity contribution < 1.29 is 27.4 Å². The molecular formula is C11H10ClF3INO3. The van der Waals surface area contributed by atoms with Gasteiger partial charge >= 0.3 is 12.3 Å². The summed E-state index contributed by atoms with van der Waals surface area (Å²) in [6.45, 7) is 1.81. The van der Waals surface area contributed by atoms with Crippen LogP contribution in [-0.2, 0) is 21.8 Å². The molecule has 1 aromatic heterocycles. The fourth-order valence-corrected chi connectivity index (χ4v) is 2.19. The topological polar surface area (TPSA) is 48.4 Å². The second-order valence-electron chi connectivity index (χ2n) is 3.54. The molecule has 0 amide bonds. The van der Waals surface area contributed by atoms with Crippen molar-refractivity contribution >= 4 is 40.2 Å². The highest BCUT2D eigenvalue weighted by atomic mass is 127. The number of pyridine rings is 1. The maximum Gasteiger partial charge on any atom is 0.574 e. The number of hydrogen-bond donors (Lipinski definition) is 0. The van der Waals surface area contributed by atoms with Crippen molar-refractivity contribution in [3.63, 3.8) is 0 Å². The van der Waals surface area contributed by atoms with Gasteiger partial charge in [-0.25, -0.2) is 4.98 Å². The summed E-state index contributed by atoms with van der Waals surface area (Å²) in [6.07, 6.45) is -5.11. The summed E-state index contributed by atoms with van der Waals surface area (Å²) in [7, 11) is 0. The lowest BCUT2D eigenvalue weighted by atomic mass is 10.2. The number of alkyl halides is 4. The number of nitrogens with zero attached hydrogens (tertiary/aromatic N) is 1. The summed E-state index contributed by atoms with van der Waals surface area (Å²) in [4.78, 5) is 15.1. The lowest BCUT2D eigenvalue weighted by Crippen LogP contribution is -2.20. The summed E-state index contributed by atoms with van der Waals surface area (Å²) in [6, 6.07) is 1.40. The molecule has 0 aliphatic rings. The van der Waals surface area contributed by atoms with E-state index in [9.17, 15) is 18.0 Å². The minimum absolute atomic E-state index is 0.0981. The zero-order valence-electron chi connectivity index (χ0n) is 10.3. The number of esters is 1. The molecule has 0 atom stereocenters. The maximum atomic E-state index is 12.3. The maximum absolute atomic E-state index is 12.3. The Kier molecular flexibility index (Phi) is 6.31. The molecular weight excluding hydrogens is 413 g/mol. The van der Waals surface area contributed by atoms with E-state index in [0.717, 1.165) is 0 Å². The molecule has 0 unspecified atom stereocenters. The van der Waals surface area contributed by atoms with Crippen LogP contribution < -0.4 is 4.74 Å². The quantitative estimate of drug-likeness (QED) is 0.414. The van der Waals surface area contributed by atoms with Crippen LogP contribution in [0.5, 0.6) is 5.88 Å². The zero-order valence-corrected chi connectivity index (χ0v) is 13.2. The van der Waals surface area contributed by atoms with Crippen molar-refractivity contribution in [3.05, 3.63) is 20.9 Å². The summed E-state index contributed by atoms with van der Waals surface area (Å²) in [5.74, 6) is -1.41. The monoisotopic (exact) mass is 423 g/mol. The largest absolute Gasteiger partial charge is 0.574 e. The van der Waals surface area contributed by atoms with Crippen LogP contribution in [0, 0.1) is 3.57 Å². The van der Waals surface area contributed by atoms with Crippen molar-refractivity contribution in [3.8, 4) is 5.88 Å². The van der Waals surface area contributed by atoms with Crippen LogP contribution in [-0.4, -0.2) is 23.9 Å². The van der Waals surface area contributed by atoms with Crippen molar-refractivity contribution in [2.45, 2.75) is 25.6 Å². The molecule has 0 saturated carbocycles. The van der Waals surface area contributed by atoms with Crippen LogP contribution in [0.4, 0.5) is 13.2 Å². The van der Waals surface area contributed by atoms with E-state index in [1.807, 2.05) is 22.6 Å². The molecule has 1 heterocycles. The highest BCUT2D eigenvalue weighted by Crippen LogP contribution is 2.28. The van der Waals surface area contributed by atoms with Gasteiger partial charge in [0.2, 0.25) is 5.88 Å². The summed E-state index contributed by atoms with van der Waals surface area (Å²) >= 11 is 7.42. The smallest absolute Gasteiger partial charge is 0.466 e. The van der Waals surface area contributed by atoms with Crippen LogP contribution in [0.2, 0.25) is 0 Å². The Hall–Kier alpha value is -0.770. The summed E-state index contributed by atoms with van der Waals surface area (Å²) < 4.78 is 45.9. The third-order valence-electron chi connectivity index (χ3n) is 2.06. The Morgan fingerprint density at radius 3 is 2.65 bits per heavy atom. The first kappa shape index (κ1) is 17.3. The van der Waals surface area contributed by atoms with Crippen LogP contribution in [0.1, 0.15) is 18.2 Å². The van der Waals surface area contributed by atoms with Gasteiger partial charge in [-0.05, 0) is 35.6 Å². The summed E-state index contributed by atoms with van der Waals surface area (Å²) in [5, 5.41) is 0. The van der Waals surface area contributed by atoms with E-state index in [4.69, 9.17) is 16.3 Å². The molecule has 20 heavy (non-hydrogen) atoms. The molecule has 0 aliphatic heterocycles. The number of rotatable bonds is 5. The standard InChI is InChI=1S/C11H10ClF3INO3/c1-2-19-9(18)4-8-7(16)3-6(5-12)10(17-8)20-11(13,14)15/h3H,2,4-5H2,1H3. The molecule has 0 spiro atoms. The van der Waals surface area contributed by atoms with E-state index in [0.29, 0.717) is 3.57 Å². The predicted octanol–water partition coefficient (Wildman–Crippen LogP) is 3.43. The first-order valence-electron chi connectivity index (χ1n) is 5.42. The van der Waals surface area contributed by atoms with Gasteiger partial charge in [-0.15, -0.1) is 24.8 Å². The van der Waals surface area contributed by atoms with Gasteiger partial charge in [0, 0.05) is 9.13 Å². The van der Waals surface area contributed by atoms with Gasteiger partial charge in [0.05, 0.1) is 24.6 Å². The van der Waals surface area contributed by atoms with Gasteiger partial charge in [-0.2, -0.15) is 0 Å². The summed E-state index contributed by atoms with van der Waals surface area (Å²) in [5.41, 5.74) is 0.248. The van der Waals surface area contributed by atoms with Crippen molar-refractivity contribution in [1.82, 2.24) is 4.98 Å². The van der Waals surface area contributed by atoms with E-state index in [1.165, 1.54) is 6.07 Å². The third-order valence-corrected chi connectivity index (χ3v) is 3.28. The number of hydrogen-bond acceptors (Lipinski definition) is 4. The molecule has 1 aromatic rings. The minimum Gasteiger partial charge on any atom is -0.466 e. The van der Waals surface area contributed by atoms with Crippen LogP contribution in [0.25, 0.3) is 0 Å². The average molecular weight is 424 g/mol. The van der Waals surface area contributed by atoms with Gasteiger partial charge < -0.3 is 9.47 Å². The molecule has 112 valence electrons. The third kappa shape index (κ3) is 5.31. The molecule has 0 saturated heterocycles. The lowest BCUT2D eigenvalue weighted by molar-refractivity contribution is -0.276. The second-order valence-corrected chi connectivity index (χ2v) is 4.97. The normalized spacial score (nSPS) is 11.3. The average Bonchev–Trinajstić information content (AvgIpc) is 2.31. The van der Waals surface area contributed by atoms with Crippen molar-refractivity contribution in [2.24, 2.45) is 0 Å². The molecule has 0 N–H and O–H groups in total. The molecule has 0 bridgehead atoms. The zero-order chi connectivity index (χ0) is 15.3. The fourth-order valence-electron chi connectivity index (χ4n) is 1.31. The Labute approximate surface area is 131 Å². The molecule has 4 nitrogen and oxygen atoms in total. The van der Waals surface area contributed by atoms with E-state index in [2.05, 4.69) is 9.72 Å². The SMILES string of the molecule is CCOC(=O)Cc1nc(OC(F)(F)F)c(CCl)cc1I. The van der Waals surface area contributed by atoms with Gasteiger partial charge in [0.25, 0.3) is 0 Å². The predicted molar refractivity (Wildman–Crippen MR) is 73.5 cm³/mol. The Morgan fingerprint density at radius 1 is 1.50 bits per heavy atom. The molecule has 9 heteroatoms. The highest BCUT2D eigenvalue weighted by molar-refractivity contribution is 14.1. The van der Waals surface area contributed by atoms with Crippen LogP contribution in [0.3, 0.4) is 0 Å². The highest BCUT2D eigenvalue weighted by Gasteiger charge is 2.33. The first-order valence-corrected chi connectivity index (χ1v) is 7.03. The van der Waals surface area contributed by atoms with E-state index >= 15 is 0 Å². The van der Waals surface area contributed by atoms with Gasteiger partial charge in [-0.3, -0.25) is 4.79 Å². The van der Waals surface area contributed by atoms with E-state index in [1.54, 1.807) is 6.92 Å². The van der Waals surface area contributed by atoms with E-state index < -0.39 is 18.2 Å². The Balaban J connectivity index is 3.07. The van der Waals surface area contributed by atoms with Crippen molar-refractivity contribution in [1.29, 1.82) is 0 Å². The Bertz CT molecular complexity index is 497. The van der Waals surface area contributed by atoms with Gasteiger partial charge in [0.15, 0.2) is 0 Å². The van der Waals surface area contributed by atoms with Gasteiger partial charge in [-0.1, -0.05) is 0 Å². The fraction of sp³-hybridized carbons (Fsp3) is 0.455. The van der Waals surface area contributed by atoms with Crippen LogP contribution >= 0.6 is 34.2 Å². The van der Waals surface area contributed by atoms with Crippen LogP contribution in [0.15, 0.2) is 6.07 Å². The number of carbonyl (C=O) groups excluding carboxylic acids is 1. The molecule has 0 aromatic carbocycles. The Morgan fingerprint density at radius 2 is 2.15 bits per heavy atom. The van der Waals surface area contributed by atoms with E-state index in [-0.39, 0.29) is 30.2 Å². The van der Waals surface area contributed by atoms with Crippen molar-refractivity contribution in [2.75, 3.05) is 6.61 Å². The number of carbonyl (C=O) groups is 1. The second kappa shape index (κ2) is 7.30. The molecule has 1 rings (SSSR count). The number of aromatic nitrogens is 1. The van der Waals surface area contributed by atoms with Gasteiger partial charge in [0.1, 0.15) is 0 Å². The minimum atomic E-state index is -4.87. The molecule has 0 fully saturated rings. The molecule has 0 aliphatic carbocycles. The first-order chi connectivity index (χ1) is 9.26. The molecule has 0 radical (unpaired) electrons. The number of ether oxygens (including phenoxy) is 2. The lowest BCUT2D eigenvalue weighted by Gasteiger charge is -2.13.